The van der Waals surface area contributed by atoms with Crippen molar-refractivity contribution in [3.63, 3.8) is 0 Å². The minimum absolute atomic E-state index is 0.284. The van der Waals surface area contributed by atoms with Crippen LogP contribution in [0, 0.1) is 0 Å². The average Bonchev–Trinajstić information content (AvgIpc) is 2.98. The van der Waals surface area contributed by atoms with E-state index in [1.54, 1.807) is 4.90 Å². The molecule has 0 saturated heterocycles. The maximum Gasteiger partial charge on any atom is 0.410 e. The second-order valence-electron chi connectivity index (χ2n) is 7.93. The predicted octanol–water partition coefficient (Wildman–Crippen LogP) is 3.88. The van der Waals surface area contributed by atoms with Gasteiger partial charge in [0.25, 0.3) is 0 Å². The first kappa shape index (κ1) is 17.4. The first-order valence-corrected chi connectivity index (χ1v) is 9.14. The Labute approximate surface area is 158 Å². The molecule has 4 rings (SSSR count). The molecule has 6 nitrogen and oxygen atoms in total. The Morgan fingerprint density at radius 2 is 1.81 bits per heavy atom. The van der Waals surface area contributed by atoms with Crippen LogP contribution in [0.25, 0.3) is 16.8 Å². The van der Waals surface area contributed by atoms with Crippen LogP contribution in [0.1, 0.15) is 32.2 Å². The van der Waals surface area contributed by atoms with Gasteiger partial charge < -0.3 is 19.8 Å². The molecule has 2 aromatic heterocycles. The van der Waals surface area contributed by atoms with Crippen LogP contribution in [0.2, 0.25) is 0 Å². The molecule has 0 unspecified atom stereocenters. The lowest BCUT2D eigenvalue weighted by atomic mass is 10.1. The Morgan fingerprint density at radius 1 is 1.11 bits per heavy atom. The van der Waals surface area contributed by atoms with Crippen LogP contribution in [0.3, 0.4) is 0 Å². The second kappa shape index (κ2) is 6.30. The summed E-state index contributed by atoms with van der Waals surface area (Å²) in [6.45, 7) is 6.74. The van der Waals surface area contributed by atoms with E-state index >= 15 is 0 Å². The molecule has 3 aromatic rings. The summed E-state index contributed by atoms with van der Waals surface area (Å²) in [6.07, 6.45) is 2.57. The number of hydrogen-bond donors (Lipinski definition) is 1. The molecule has 27 heavy (non-hydrogen) atoms. The second-order valence-corrected chi connectivity index (χ2v) is 7.93. The fraction of sp³-hybridized carbons (Fsp3) is 0.333. The smallest absolute Gasteiger partial charge is 0.410 e. The lowest BCUT2D eigenvalue weighted by Gasteiger charge is -2.29. The van der Waals surface area contributed by atoms with E-state index in [0.717, 1.165) is 40.3 Å². The topological polar surface area (TPSA) is 72.9 Å². The number of benzene rings is 1. The number of nitrogen functional groups attached to an aromatic ring is 1. The van der Waals surface area contributed by atoms with Gasteiger partial charge in [-0.25, -0.2) is 9.78 Å². The van der Waals surface area contributed by atoms with E-state index in [0.29, 0.717) is 13.1 Å². The van der Waals surface area contributed by atoms with Crippen molar-refractivity contribution in [2.75, 3.05) is 12.3 Å². The zero-order valence-corrected chi connectivity index (χ0v) is 15.9. The first-order valence-electron chi connectivity index (χ1n) is 9.14. The minimum atomic E-state index is -0.496. The van der Waals surface area contributed by atoms with Crippen molar-refractivity contribution in [3.8, 4) is 11.1 Å². The van der Waals surface area contributed by atoms with Gasteiger partial charge >= 0.3 is 6.09 Å². The number of nitrogens with zero attached hydrogens (tertiary/aromatic N) is 3. The number of rotatable bonds is 1. The Bertz CT molecular complexity index is 999. The lowest BCUT2D eigenvalue weighted by molar-refractivity contribution is 0.0220. The van der Waals surface area contributed by atoms with E-state index in [9.17, 15) is 4.79 Å². The van der Waals surface area contributed by atoms with Gasteiger partial charge in [-0.15, -0.1) is 0 Å². The van der Waals surface area contributed by atoms with Crippen molar-refractivity contribution < 1.29 is 9.53 Å². The number of carbonyl (C=O) groups is 1. The van der Waals surface area contributed by atoms with E-state index in [-0.39, 0.29) is 6.09 Å². The number of fused-ring (bicyclic) bond motifs is 3. The van der Waals surface area contributed by atoms with Crippen LogP contribution < -0.4 is 5.73 Å². The Kier molecular flexibility index (Phi) is 4.06. The maximum atomic E-state index is 12.4. The number of imidazole rings is 1. The molecule has 1 aliphatic heterocycles. The molecule has 3 heterocycles. The third-order valence-electron chi connectivity index (χ3n) is 4.66. The van der Waals surface area contributed by atoms with Gasteiger partial charge in [-0.3, -0.25) is 0 Å². The van der Waals surface area contributed by atoms with Crippen molar-refractivity contribution >= 4 is 17.4 Å². The van der Waals surface area contributed by atoms with Crippen molar-refractivity contribution in [2.24, 2.45) is 0 Å². The van der Waals surface area contributed by atoms with Crippen LogP contribution >= 0.6 is 0 Å². The minimum Gasteiger partial charge on any atom is -0.444 e. The highest BCUT2D eigenvalue weighted by atomic mass is 16.6. The van der Waals surface area contributed by atoms with Gasteiger partial charge in [0.05, 0.1) is 12.2 Å². The molecular formula is C21H24N4O2. The summed E-state index contributed by atoms with van der Waals surface area (Å²) in [4.78, 5) is 18.8. The molecule has 0 bridgehead atoms. The zero-order valence-electron chi connectivity index (χ0n) is 15.9. The van der Waals surface area contributed by atoms with Gasteiger partial charge in [-0.2, -0.15) is 0 Å². The quantitative estimate of drug-likeness (QED) is 0.665. The van der Waals surface area contributed by atoms with E-state index < -0.39 is 5.60 Å². The summed E-state index contributed by atoms with van der Waals surface area (Å²) in [5, 5.41) is 0. The SMILES string of the molecule is CC(C)(C)OC(=O)N1CCc2c(nc3ccc(-c4ccc(N)cc4)cn23)C1. The van der Waals surface area contributed by atoms with E-state index in [2.05, 4.69) is 16.7 Å². The predicted molar refractivity (Wildman–Crippen MR) is 105 cm³/mol. The molecule has 1 amide bonds. The molecular weight excluding hydrogens is 340 g/mol. The van der Waals surface area contributed by atoms with Crippen molar-refractivity contribution in [1.82, 2.24) is 14.3 Å². The standard InChI is InChI=1S/C21H24N4O2/c1-21(2,3)27-20(26)24-11-10-18-17(13-24)23-19-9-6-15(12-25(18)19)14-4-7-16(22)8-5-14/h4-9,12H,10-11,13,22H2,1-3H3. The molecule has 0 spiro atoms. The van der Waals surface area contributed by atoms with Crippen LogP contribution in [-0.2, 0) is 17.7 Å². The average molecular weight is 364 g/mol. The molecule has 0 fully saturated rings. The molecule has 1 aliphatic rings. The summed E-state index contributed by atoms with van der Waals surface area (Å²) < 4.78 is 7.63. The number of aromatic nitrogens is 2. The number of anilines is 1. The first-order chi connectivity index (χ1) is 12.8. The fourth-order valence-corrected chi connectivity index (χ4v) is 3.36. The van der Waals surface area contributed by atoms with Crippen LogP contribution in [0.4, 0.5) is 10.5 Å². The monoisotopic (exact) mass is 364 g/mol. The van der Waals surface area contributed by atoms with Gasteiger partial charge in [-0.05, 0) is 56.2 Å². The van der Waals surface area contributed by atoms with E-state index in [1.165, 1.54) is 0 Å². The Balaban J connectivity index is 1.63. The number of ether oxygens (including phenoxy) is 1. The number of nitrogens with two attached hydrogens (primary N) is 1. The Hall–Kier alpha value is -3.02. The van der Waals surface area contributed by atoms with Gasteiger partial charge in [0.2, 0.25) is 0 Å². The van der Waals surface area contributed by atoms with Gasteiger partial charge in [0.1, 0.15) is 11.2 Å². The summed E-state index contributed by atoms with van der Waals surface area (Å²) in [5.74, 6) is 0. The highest BCUT2D eigenvalue weighted by molar-refractivity contribution is 5.69. The van der Waals surface area contributed by atoms with E-state index in [1.807, 2.05) is 51.1 Å². The highest BCUT2D eigenvalue weighted by Gasteiger charge is 2.28. The molecule has 140 valence electrons. The third-order valence-corrected chi connectivity index (χ3v) is 4.66. The summed E-state index contributed by atoms with van der Waals surface area (Å²) >= 11 is 0. The van der Waals surface area contributed by atoms with E-state index in [4.69, 9.17) is 15.5 Å². The number of pyridine rings is 1. The zero-order chi connectivity index (χ0) is 19.2. The van der Waals surface area contributed by atoms with Crippen LogP contribution in [-0.4, -0.2) is 32.5 Å². The van der Waals surface area contributed by atoms with Gasteiger partial charge in [0, 0.05) is 30.5 Å². The van der Waals surface area contributed by atoms with Crippen molar-refractivity contribution in [1.29, 1.82) is 0 Å². The summed E-state index contributed by atoms with van der Waals surface area (Å²) in [6, 6.07) is 11.9. The van der Waals surface area contributed by atoms with Gasteiger partial charge in [-0.1, -0.05) is 12.1 Å². The largest absolute Gasteiger partial charge is 0.444 e. The molecule has 0 radical (unpaired) electrons. The molecule has 0 saturated carbocycles. The number of carbonyl (C=O) groups excluding carboxylic acids is 1. The summed E-state index contributed by atoms with van der Waals surface area (Å²) in [7, 11) is 0. The van der Waals surface area contributed by atoms with Gasteiger partial charge in [0.15, 0.2) is 0 Å². The highest BCUT2D eigenvalue weighted by Crippen LogP contribution is 2.26. The normalized spacial score (nSPS) is 14.3. The number of hydrogen-bond acceptors (Lipinski definition) is 4. The van der Waals surface area contributed by atoms with Crippen molar-refractivity contribution in [2.45, 2.75) is 39.3 Å². The van der Waals surface area contributed by atoms with Crippen LogP contribution in [0.15, 0.2) is 42.6 Å². The molecule has 1 aromatic carbocycles. The van der Waals surface area contributed by atoms with Crippen molar-refractivity contribution in [3.05, 3.63) is 54.0 Å². The lowest BCUT2D eigenvalue weighted by Crippen LogP contribution is -2.40. The molecule has 6 heteroatoms. The maximum absolute atomic E-state index is 12.4. The molecule has 0 aliphatic carbocycles. The molecule has 0 atom stereocenters. The molecule has 2 N–H and O–H groups in total. The van der Waals surface area contributed by atoms with Crippen LogP contribution in [0.5, 0.6) is 0 Å². The Morgan fingerprint density at radius 3 is 2.52 bits per heavy atom. The third kappa shape index (κ3) is 3.47. The number of amides is 1. The fourth-order valence-electron chi connectivity index (χ4n) is 3.36. The summed E-state index contributed by atoms with van der Waals surface area (Å²) in [5.41, 5.74) is 11.2.